The Hall–Kier alpha value is -1.58. The highest BCUT2D eigenvalue weighted by molar-refractivity contribution is 6.30. The Morgan fingerprint density at radius 3 is 2.56 bits per heavy atom. The first-order chi connectivity index (χ1) is 8.61. The van der Waals surface area contributed by atoms with Crippen LogP contribution < -0.4 is 4.74 Å². The fourth-order valence-corrected chi connectivity index (χ4v) is 1.91. The van der Waals surface area contributed by atoms with E-state index in [0.717, 1.165) is 0 Å². The lowest BCUT2D eigenvalue weighted by Gasteiger charge is -2.13. The summed E-state index contributed by atoms with van der Waals surface area (Å²) in [7, 11) is 1.38. The highest BCUT2D eigenvalue weighted by Crippen LogP contribution is 2.28. The maximum Gasteiger partial charge on any atom is 0.165 e. The summed E-state index contributed by atoms with van der Waals surface area (Å²) >= 11 is 5.86. The Kier molecular flexibility index (Phi) is 3.84. The zero-order chi connectivity index (χ0) is 13.1. The quantitative estimate of drug-likeness (QED) is 0.920. The molecule has 0 amide bonds. The fraction of sp³-hybridized carbons (Fsp3) is 0.143. The van der Waals surface area contributed by atoms with Crippen LogP contribution in [0.1, 0.15) is 17.2 Å². The van der Waals surface area contributed by atoms with Gasteiger partial charge in [-0.3, -0.25) is 0 Å². The number of halogens is 2. The van der Waals surface area contributed by atoms with E-state index in [1.165, 1.54) is 25.3 Å². The molecule has 1 N–H and O–H groups in total. The Labute approximate surface area is 110 Å². The molecular weight excluding hydrogens is 255 g/mol. The van der Waals surface area contributed by atoms with Crippen molar-refractivity contribution in [1.29, 1.82) is 0 Å². The predicted octanol–water partition coefficient (Wildman–Crippen LogP) is 3.57. The summed E-state index contributed by atoms with van der Waals surface area (Å²) in [5.41, 5.74) is 1.20. The normalized spacial score (nSPS) is 12.2. The molecule has 2 nitrogen and oxygen atoms in total. The minimum atomic E-state index is -0.863. The van der Waals surface area contributed by atoms with Crippen molar-refractivity contribution >= 4 is 11.6 Å². The fourth-order valence-electron chi connectivity index (χ4n) is 1.72. The van der Waals surface area contributed by atoms with Crippen LogP contribution in [0, 0.1) is 5.82 Å². The summed E-state index contributed by atoms with van der Waals surface area (Å²) < 4.78 is 18.2. The summed E-state index contributed by atoms with van der Waals surface area (Å²) in [6.45, 7) is 0. The van der Waals surface area contributed by atoms with Crippen molar-refractivity contribution < 1.29 is 14.2 Å². The molecule has 0 saturated carbocycles. The molecule has 0 bridgehead atoms. The van der Waals surface area contributed by atoms with Crippen LogP contribution in [-0.2, 0) is 0 Å². The van der Waals surface area contributed by atoms with Crippen LogP contribution in [0.3, 0.4) is 0 Å². The average molecular weight is 267 g/mol. The molecule has 0 saturated heterocycles. The van der Waals surface area contributed by atoms with Gasteiger partial charge in [0.1, 0.15) is 6.10 Å². The summed E-state index contributed by atoms with van der Waals surface area (Å²) in [5.74, 6) is -0.354. The van der Waals surface area contributed by atoms with Gasteiger partial charge in [0.25, 0.3) is 0 Å². The lowest BCUT2D eigenvalue weighted by atomic mass is 10.0. The highest BCUT2D eigenvalue weighted by atomic mass is 35.5. The lowest BCUT2D eigenvalue weighted by molar-refractivity contribution is 0.219. The largest absolute Gasteiger partial charge is 0.494 e. The number of rotatable bonds is 3. The molecule has 1 atom stereocenters. The Bertz CT molecular complexity index is 557. The summed E-state index contributed by atoms with van der Waals surface area (Å²) in [6.07, 6.45) is -0.863. The van der Waals surface area contributed by atoms with E-state index in [4.69, 9.17) is 16.3 Å². The van der Waals surface area contributed by atoms with Crippen LogP contribution in [-0.4, -0.2) is 12.2 Å². The smallest absolute Gasteiger partial charge is 0.165 e. The van der Waals surface area contributed by atoms with Gasteiger partial charge in [0.15, 0.2) is 11.6 Å². The molecule has 2 aromatic carbocycles. The van der Waals surface area contributed by atoms with Crippen LogP contribution in [0.2, 0.25) is 5.02 Å². The van der Waals surface area contributed by atoms with E-state index in [1.807, 2.05) is 0 Å². The molecule has 0 aliphatic heterocycles. The summed E-state index contributed by atoms with van der Waals surface area (Å²) in [5, 5.41) is 10.7. The standard InChI is InChI=1S/C14H12ClFO2/c1-18-13-8-10(5-6-12(13)16)14(17)9-3-2-4-11(15)7-9/h2-8,14,17H,1H3. The topological polar surface area (TPSA) is 29.5 Å². The van der Waals surface area contributed by atoms with Gasteiger partial charge in [-0.1, -0.05) is 29.8 Å². The number of ether oxygens (including phenoxy) is 1. The molecule has 0 aliphatic rings. The van der Waals surface area contributed by atoms with Crippen LogP contribution >= 0.6 is 11.6 Å². The first-order valence-corrected chi connectivity index (χ1v) is 5.76. The van der Waals surface area contributed by atoms with Gasteiger partial charge in [-0.05, 0) is 35.4 Å². The molecule has 2 rings (SSSR count). The average Bonchev–Trinajstić information content (AvgIpc) is 2.38. The molecule has 0 spiro atoms. The van der Waals surface area contributed by atoms with E-state index in [0.29, 0.717) is 16.1 Å². The van der Waals surface area contributed by atoms with Crippen LogP contribution in [0.4, 0.5) is 4.39 Å². The molecule has 0 aliphatic carbocycles. The van der Waals surface area contributed by atoms with Crippen molar-refractivity contribution in [1.82, 2.24) is 0 Å². The van der Waals surface area contributed by atoms with E-state index in [1.54, 1.807) is 24.3 Å². The maximum absolute atomic E-state index is 13.3. The van der Waals surface area contributed by atoms with Gasteiger partial charge in [0.2, 0.25) is 0 Å². The number of benzene rings is 2. The molecule has 2 aromatic rings. The van der Waals surface area contributed by atoms with Crippen molar-refractivity contribution in [2.24, 2.45) is 0 Å². The first kappa shape index (κ1) is 12.9. The van der Waals surface area contributed by atoms with Gasteiger partial charge < -0.3 is 9.84 Å². The van der Waals surface area contributed by atoms with E-state index >= 15 is 0 Å². The number of hydrogen-bond donors (Lipinski definition) is 1. The number of methoxy groups -OCH3 is 1. The second-order valence-corrected chi connectivity index (χ2v) is 4.29. The molecule has 0 heterocycles. The van der Waals surface area contributed by atoms with Gasteiger partial charge in [0.05, 0.1) is 7.11 Å². The monoisotopic (exact) mass is 266 g/mol. The Morgan fingerprint density at radius 1 is 1.17 bits per heavy atom. The first-order valence-electron chi connectivity index (χ1n) is 5.39. The maximum atomic E-state index is 13.3. The van der Waals surface area contributed by atoms with Crippen LogP contribution in [0.15, 0.2) is 42.5 Å². The second-order valence-electron chi connectivity index (χ2n) is 3.85. The third-order valence-corrected chi connectivity index (χ3v) is 2.89. The van der Waals surface area contributed by atoms with Crippen LogP contribution in [0.5, 0.6) is 5.75 Å². The van der Waals surface area contributed by atoms with Crippen molar-refractivity contribution in [3.05, 3.63) is 64.4 Å². The third kappa shape index (κ3) is 2.63. The van der Waals surface area contributed by atoms with Gasteiger partial charge in [0, 0.05) is 5.02 Å². The number of aliphatic hydroxyl groups excluding tert-OH is 1. The predicted molar refractivity (Wildman–Crippen MR) is 68.5 cm³/mol. The minimum absolute atomic E-state index is 0.105. The van der Waals surface area contributed by atoms with Gasteiger partial charge in [-0.2, -0.15) is 0 Å². The lowest BCUT2D eigenvalue weighted by Crippen LogP contribution is -2.01. The summed E-state index contributed by atoms with van der Waals surface area (Å²) in [4.78, 5) is 0. The van der Waals surface area contributed by atoms with Gasteiger partial charge in [-0.15, -0.1) is 0 Å². The summed E-state index contributed by atoms with van der Waals surface area (Å²) in [6, 6.07) is 11.2. The zero-order valence-corrected chi connectivity index (χ0v) is 10.5. The van der Waals surface area contributed by atoms with E-state index in [9.17, 15) is 9.50 Å². The SMILES string of the molecule is COc1cc(C(O)c2cccc(Cl)c2)ccc1F. The molecule has 0 radical (unpaired) electrons. The van der Waals surface area contributed by atoms with Crippen molar-refractivity contribution in [2.45, 2.75) is 6.10 Å². The van der Waals surface area contributed by atoms with Crippen molar-refractivity contribution in [2.75, 3.05) is 7.11 Å². The van der Waals surface area contributed by atoms with E-state index < -0.39 is 11.9 Å². The molecule has 18 heavy (non-hydrogen) atoms. The van der Waals surface area contributed by atoms with Gasteiger partial charge in [-0.25, -0.2) is 4.39 Å². The zero-order valence-electron chi connectivity index (χ0n) is 9.73. The molecule has 4 heteroatoms. The van der Waals surface area contributed by atoms with E-state index in [-0.39, 0.29) is 5.75 Å². The second kappa shape index (κ2) is 5.38. The molecular formula is C14H12ClFO2. The molecule has 94 valence electrons. The number of hydrogen-bond acceptors (Lipinski definition) is 2. The molecule has 0 fully saturated rings. The Morgan fingerprint density at radius 2 is 1.89 bits per heavy atom. The minimum Gasteiger partial charge on any atom is -0.494 e. The van der Waals surface area contributed by atoms with Gasteiger partial charge >= 0.3 is 0 Å². The number of aliphatic hydroxyl groups is 1. The highest BCUT2D eigenvalue weighted by Gasteiger charge is 2.13. The molecule has 1 unspecified atom stereocenters. The van der Waals surface area contributed by atoms with Crippen molar-refractivity contribution in [3.8, 4) is 5.75 Å². The Balaban J connectivity index is 2.36. The van der Waals surface area contributed by atoms with Crippen molar-refractivity contribution in [3.63, 3.8) is 0 Å². The van der Waals surface area contributed by atoms with E-state index in [2.05, 4.69) is 0 Å². The van der Waals surface area contributed by atoms with Crippen LogP contribution in [0.25, 0.3) is 0 Å². The molecule has 0 aromatic heterocycles. The third-order valence-electron chi connectivity index (χ3n) is 2.66.